The van der Waals surface area contributed by atoms with E-state index in [1.54, 1.807) is 11.3 Å². The molecule has 1 atom stereocenters. The molecule has 1 unspecified atom stereocenters. The molecule has 3 nitrogen and oxygen atoms in total. The highest BCUT2D eigenvalue weighted by Gasteiger charge is 2.25. The molecule has 0 spiro atoms. The predicted octanol–water partition coefficient (Wildman–Crippen LogP) is 3.88. The topological polar surface area (TPSA) is 39.9 Å². The van der Waals surface area contributed by atoms with Gasteiger partial charge in [-0.3, -0.25) is 4.90 Å². The van der Waals surface area contributed by atoms with E-state index >= 15 is 0 Å². The summed E-state index contributed by atoms with van der Waals surface area (Å²) in [4.78, 5) is 7.01. The zero-order chi connectivity index (χ0) is 13.9. The lowest BCUT2D eigenvalue weighted by Crippen LogP contribution is -2.29. The molecule has 0 amide bonds. The highest BCUT2D eigenvalue weighted by atomic mass is 32.1. The maximum atomic E-state index is 9.51. The third-order valence-electron chi connectivity index (χ3n) is 3.57. The summed E-state index contributed by atoms with van der Waals surface area (Å²) >= 11 is 1.68. The summed E-state index contributed by atoms with van der Waals surface area (Å²) in [6.07, 6.45) is 4.99. The van der Waals surface area contributed by atoms with Crippen molar-refractivity contribution in [3.63, 3.8) is 0 Å². The number of hydrogen-bond acceptors (Lipinski definition) is 4. The Morgan fingerprint density at radius 2 is 1.89 bits per heavy atom. The molecule has 0 N–H and O–H groups in total. The first kappa shape index (κ1) is 14.5. The van der Waals surface area contributed by atoms with E-state index in [4.69, 9.17) is 4.98 Å². The summed E-state index contributed by atoms with van der Waals surface area (Å²) in [6.45, 7) is 8.57. The lowest BCUT2D eigenvalue weighted by atomic mass is 9.98. The molecule has 1 aromatic heterocycles. The normalized spacial score (nSPS) is 19.7. The molecule has 0 aliphatic carbocycles. The molecule has 1 aliphatic heterocycles. The fourth-order valence-corrected chi connectivity index (χ4v) is 3.37. The first-order valence-corrected chi connectivity index (χ1v) is 8.00. The molecule has 1 aromatic rings. The van der Waals surface area contributed by atoms with Crippen LogP contribution in [0.25, 0.3) is 0 Å². The molecule has 2 heterocycles. The SMILES string of the molecule is CC(C)(C)c1nc(C(C#N)N2CCCCCC2)cs1. The minimum absolute atomic E-state index is 0.0711. The second-order valence-electron chi connectivity index (χ2n) is 6.31. The molecular weight excluding hydrogens is 254 g/mol. The van der Waals surface area contributed by atoms with Crippen LogP contribution in [0.4, 0.5) is 0 Å². The van der Waals surface area contributed by atoms with E-state index in [0.717, 1.165) is 23.8 Å². The van der Waals surface area contributed by atoms with Crippen molar-refractivity contribution in [3.8, 4) is 6.07 Å². The van der Waals surface area contributed by atoms with E-state index in [-0.39, 0.29) is 11.5 Å². The summed E-state index contributed by atoms with van der Waals surface area (Å²) in [6, 6.07) is 2.29. The third-order valence-corrected chi connectivity index (χ3v) is 4.86. The molecule has 104 valence electrons. The van der Waals surface area contributed by atoms with Crippen molar-refractivity contribution in [2.45, 2.75) is 57.9 Å². The summed E-state index contributed by atoms with van der Waals surface area (Å²) in [5, 5.41) is 12.7. The maximum Gasteiger partial charge on any atom is 0.141 e. The summed E-state index contributed by atoms with van der Waals surface area (Å²) in [5.41, 5.74) is 1.01. The van der Waals surface area contributed by atoms with E-state index in [1.165, 1.54) is 25.7 Å². The van der Waals surface area contributed by atoms with Crippen LogP contribution in [-0.4, -0.2) is 23.0 Å². The standard InChI is InChI=1S/C15H23N3S/c1-15(2,3)14-17-12(11-19-14)13(10-16)18-8-6-4-5-7-9-18/h11,13H,4-9H2,1-3H3. The molecule has 0 saturated carbocycles. The average molecular weight is 277 g/mol. The molecule has 1 fully saturated rings. The quantitative estimate of drug-likeness (QED) is 0.823. The summed E-state index contributed by atoms with van der Waals surface area (Å²) < 4.78 is 0. The number of thiazole rings is 1. The predicted molar refractivity (Wildman–Crippen MR) is 79.2 cm³/mol. The van der Waals surface area contributed by atoms with Crippen LogP contribution in [0.1, 0.15) is 63.2 Å². The van der Waals surface area contributed by atoms with Crippen LogP contribution < -0.4 is 0 Å². The average Bonchev–Trinajstić information content (AvgIpc) is 2.68. The Labute approximate surface area is 120 Å². The van der Waals surface area contributed by atoms with Crippen LogP contribution in [-0.2, 0) is 5.41 Å². The van der Waals surface area contributed by atoms with Crippen molar-refractivity contribution in [2.75, 3.05) is 13.1 Å². The summed E-state index contributed by atoms with van der Waals surface area (Å²) in [7, 11) is 0. The summed E-state index contributed by atoms with van der Waals surface area (Å²) in [5.74, 6) is 0. The van der Waals surface area contributed by atoms with Gasteiger partial charge in [-0.05, 0) is 25.9 Å². The van der Waals surface area contributed by atoms with Crippen molar-refractivity contribution in [3.05, 3.63) is 16.1 Å². The third kappa shape index (κ3) is 3.55. The Bertz CT molecular complexity index is 445. The molecule has 2 rings (SSSR count). The smallest absolute Gasteiger partial charge is 0.141 e. The number of nitriles is 1. The van der Waals surface area contributed by atoms with Gasteiger partial charge in [-0.15, -0.1) is 11.3 Å². The second kappa shape index (κ2) is 6.02. The van der Waals surface area contributed by atoms with Gasteiger partial charge >= 0.3 is 0 Å². The van der Waals surface area contributed by atoms with Crippen LogP contribution in [0.2, 0.25) is 0 Å². The number of hydrogen-bond donors (Lipinski definition) is 0. The second-order valence-corrected chi connectivity index (χ2v) is 7.17. The minimum atomic E-state index is -0.162. The van der Waals surface area contributed by atoms with E-state index < -0.39 is 0 Å². The van der Waals surface area contributed by atoms with Crippen molar-refractivity contribution in [1.29, 1.82) is 5.26 Å². The first-order valence-electron chi connectivity index (χ1n) is 7.12. The van der Waals surface area contributed by atoms with E-state index in [9.17, 15) is 5.26 Å². The van der Waals surface area contributed by atoms with Gasteiger partial charge in [0.05, 0.1) is 16.8 Å². The van der Waals surface area contributed by atoms with Crippen LogP contribution >= 0.6 is 11.3 Å². The monoisotopic (exact) mass is 277 g/mol. The van der Waals surface area contributed by atoms with E-state index in [2.05, 4.69) is 37.1 Å². The van der Waals surface area contributed by atoms with Crippen LogP contribution in [0.15, 0.2) is 5.38 Å². The largest absolute Gasteiger partial charge is 0.283 e. The van der Waals surface area contributed by atoms with Gasteiger partial charge < -0.3 is 0 Å². The Kier molecular flexibility index (Phi) is 4.59. The first-order chi connectivity index (χ1) is 9.02. The van der Waals surface area contributed by atoms with Gasteiger partial charge in [-0.25, -0.2) is 4.98 Å². The maximum absolute atomic E-state index is 9.51. The van der Waals surface area contributed by atoms with Crippen molar-refractivity contribution in [2.24, 2.45) is 0 Å². The van der Waals surface area contributed by atoms with Gasteiger partial charge in [0.15, 0.2) is 0 Å². The zero-order valence-corrected chi connectivity index (χ0v) is 13.0. The van der Waals surface area contributed by atoms with Gasteiger partial charge in [0.25, 0.3) is 0 Å². The van der Waals surface area contributed by atoms with Crippen molar-refractivity contribution in [1.82, 2.24) is 9.88 Å². The minimum Gasteiger partial charge on any atom is -0.283 e. The van der Waals surface area contributed by atoms with Crippen LogP contribution in [0.5, 0.6) is 0 Å². The van der Waals surface area contributed by atoms with Gasteiger partial charge in [0.2, 0.25) is 0 Å². The molecule has 0 bridgehead atoms. The van der Waals surface area contributed by atoms with Crippen LogP contribution in [0, 0.1) is 11.3 Å². The van der Waals surface area contributed by atoms with Gasteiger partial charge in [-0.2, -0.15) is 5.26 Å². The lowest BCUT2D eigenvalue weighted by Gasteiger charge is -2.24. The Balaban J connectivity index is 2.17. The zero-order valence-electron chi connectivity index (χ0n) is 12.1. The van der Waals surface area contributed by atoms with Gasteiger partial charge in [0, 0.05) is 10.8 Å². The fraction of sp³-hybridized carbons (Fsp3) is 0.733. The molecule has 19 heavy (non-hydrogen) atoms. The highest BCUT2D eigenvalue weighted by Crippen LogP contribution is 2.30. The Morgan fingerprint density at radius 3 is 2.37 bits per heavy atom. The van der Waals surface area contributed by atoms with E-state index in [1.807, 2.05) is 0 Å². The Morgan fingerprint density at radius 1 is 1.26 bits per heavy atom. The number of aromatic nitrogens is 1. The number of nitrogens with zero attached hydrogens (tertiary/aromatic N) is 3. The van der Waals surface area contributed by atoms with Crippen LogP contribution in [0.3, 0.4) is 0 Å². The molecule has 0 radical (unpaired) electrons. The molecule has 0 aromatic carbocycles. The lowest BCUT2D eigenvalue weighted by molar-refractivity contribution is 0.242. The Hall–Kier alpha value is -0.920. The van der Waals surface area contributed by atoms with Crippen molar-refractivity contribution < 1.29 is 0 Å². The number of likely N-dealkylation sites (tertiary alicyclic amines) is 1. The molecular formula is C15H23N3S. The number of rotatable bonds is 2. The molecule has 4 heteroatoms. The van der Waals surface area contributed by atoms with Gasteiger partial charge in [0.1, 0.15) is 6.04 Å². The van der Waals surface area contributed by atoms with Crippen molar-refractivity contribution >= 4 is 11.3 Å². The molecule has 1 aliphatic rings. The molecule has 1 saturated heterocycles. The fourth-order valence-electron chi connectivity index (χ4n) is 2.44. The van der Waals surface area contributed by atoms with E-state index in [0.29, 0.717) is 0 Å². The highest BCUT2D eigenvalue weighted by molar-refractivity contribution is 7.09. The van der Waals surface area contributed by atoms with Gasteiger partial charge in [-0.1, -0.05) is 33.6 Å².